The van der Waals surface area contributed by atoms with E-state index in [1.165, 1.54) is 33.4 Å². The van der Waals surface area contributed by atoms with Gasteiger partial charge in [0.15, 0.2) is 0 Å². The average molecular weight is 314 g/mol. The van der Waals surface area contributed by atoms with Gasteiger partial charge in [0.2, 0.25) is 0 Å². The summed E-state index contributed by atoms with van der Waals surface area (Å²) in [7, 11) is 0. The normalized spacial score (nSPS) is 14.5. The molecule has 0 unspecified atom stereocenters. The maximum atomic E-state index is 6.23. The lowest BCUT2D eigenvalue weighted by Crippen LogP contribution is -2.29. The molecule has 0 radical (unpaired) electrons. The molecule has 0 amide bonds. The van der Waals surface area contributed by atoms with E-state index < -0.39 is 0 Å². The van der Waals surface area contributed by atoms with E-state index in [2.05, 4.69) is 88.4 Å². The van der Waals surface area contributed by atoms with Gasteiger partial charge < -0.3 is 4.74 Å². The first-order chi connectivity index (χ1) is 11.5. The molecule has 0 atom stereocenters. The van der Waals surface area contributed by atoms with Gasteiger partial charge in [0.25, 0.3) is 0 Å². The van der Waals surface area contributed by atoms with E-state index in [0.717, 1.165) is 11.5 Å². The third kappa shape index (κ3) is 2.16. The molecule has 1 aliphatic heterocycles. The molecule has 1 heterocycles. The summed E-state index contributed by atoms with van der Waals surface area (Å²) >= 11 is 0. The van der Waals surface area contributed by atoms with E-state index in [1.54, 1.807) is 0 Å². The molecule has 24 heavy (non-hydrogen) atoms. The van der Waals surface area contributed by atoms with Gasteiger partial charge in [0.1, 0.15) is 11.5 Å². The highest BCUT2D eigenvalue weighted by Gasteiger charge is 2.39. The van der Waals surface area contributed by atoms with E-state index in [4.69, 9.17) is 4.74 Å². The molecule has 0 aromatic heterocycles. The molecular formula is C23H22O. The van der Waals surface area contributed by atoms with Crippen LogP contribution < -0.4 is 4.74 Å². The van der Waals surface area contributed by atoms with Crippen LogP contribution in [0.1, 0.15) is 40.3 Å². The summed E-state index contributed by atoms with van der Waals surface area (Å²) in [5.41, 5.74) is 7.36. The largest absolute Gasteiger partial charge is 0.457 e. The molecule has 0 bridgehead atoms. The highest BCUT2D eigenvalue weighted by Crippen LogP contribution is 2.51. The lowest BCUT2D eigenvalue weighted by Gasteiger charge is -2.38. The van der Waals surface area contributed by atoms with Crippen LogP contribution in [0.2, 0.25) is 0 Å². The van der Waals surface area contributed by atoms with Gasteiger partial charge >= 0.3 is 0 Å². The molecule has 1 heteroatoms. The quantitative estimate of drug-likeness (QED) is 0.529. The highest BCUT2D eigenvalue weighted by atomic mass is 16.5. The first-order valence-electron chi connectivity index (χ1n) is 8.46. The summed E-state index contributed by atoms with van der Waals surface area (Å²) in [6.07, 6.45) is 0. The van der Waals surface area contributed by atoms with E-state index in [-0.39, 0.29) is 5.41 Å². The van der Waals surface area contributed by atoms with Crippen molar-refractivity contribution in [1.29, 1.82) is 0 Å². The maximum absolute atomic E-state index is 6.23. The number of aryl methyl sites for hydroxylation is 3. The van der Waals surface area contributed by atoms with Gasteiger partial charge in [0, 0.05) is 16.5 Å². The van der Waals surface area contributed by atoms with Crippen LogP contribution in [-0.2, 0) is 5.41 Å². The summed E-state index contributed by atoms with van der Waals surface area (Å²) in [5.74, 6) is 1.92. The zero-order chi connectivity index (χ0) is 16.9. The van der Waals surface area contributed by atoms with Crippen LogP contribution in [0.25, 0.3) is 0 Å². The lowest BCUT2D eigenvalue weighted by molar-refractivity contribution is 0.426. The van der Waals surface area contributed by atoms with E-state index in [0.29, 0.717) is 0 Å². The smallest absolute Gasteiger partial charge is 0.131 e. The average Bonchev–Trinajstić information content (AvgIpc) is 2.57. The third-order valence-corrected chi connectivity index (χ3v) is 5.20. The second-order valence-corrected chi connectivity index (χ2v) is 7.09. The predicted molar refractivity (Wildman–Crippen MR) is 99.2 cm³/mol. The van der Waals surface area contributed by atoms with Crippen molar-refractivity contribution in [1.82, 2.24) is 0 Å². The molecule has 0 saturated carbocycles. The van der Waals surface area contributed by atoms with E-state index in [1.807, 2.05) is 0 Å². The first kappa shape index (κ1) is 15.0. The zero-order valence-electron chi connectivity index (χ0n) is 14.7. The van der Waals surface area contributed by atoms with Crippen LogP contribution in [0.3, 0.4) is 0 Å². The Balaban J connectivity index is 2.06. The lowest BCUT2D eigenvalue weighted by atomic mass is 9.68. The molecule has 0 N–H and O–H groups in total. The van der Waals surface area contributed by atoms with Crippen molar-refractivity contribution in [3.8, 4) is 11.5 Å². The summed E-state index contributed by atoms with van der Waals surface area (Å²) < 4.78 is 6.23. The Bertz CT molecular complexity index is 868. The minimum absolute atomic E-state index is 0.214. The molecule has 3 aromatic rings. The fourth-order valence-corrected chi connectivity index (χ4v) is 3.71. The monoisotopic (exact) mass is 314 g/mol. The number of hydrogen-bond donors (Lipinski definition) is 0. The van der Waals surface area contributed by atoms with Crippen LogP contribution in [0, 0.1) is 20.8 Å². The van der Waals surface area contributed by atoms with E-state index >= 15 is 0 Å². The van der Waals surface area contributed by atoms with Gasteiger partial charge in [0.05, 0.1) is 0 Å². The molecule has 1 aliphatic rings. The molecule has 1 nitrogen and oxygen atoms in total. The third-order valence-electron chi connectivity index (χ3n) is 5.20. The Labute approximate surface area is 143 Å². The van der Waals surface area contributed by atoms with Crippen molar-refractivity contribution < 1.29 is 4.74 Å². The van der Waals surface area contributed by atoms with Crippen LogP contribution in [0.15, 0.2) is 60.7 Å². The second kappa shape index (κ2) is 5.24. The molecule has 0 spiro atoms. The van der Waals surface area contributed by atoms with Gasteiger partial charge in [-0.05, 0) is 45.4 Å². The zero-order valence-corrected chi connectivity index (χ0v) is 14.7. The van der Waals surface area contributed by atoms with Crippen molar-refractivity contribution in [2.75, 3.05) is 0 Å². The maximum Gasteiger partial charge on any atom is 0.131 e. The molecular weight excluding hydrogens is 292 g/mol. The van der Waals surface area contributed by atoms with Gasteiger partial charge in [-0.25, -0.2) is 0 Å². The van der Waals surface area contributed by atoms with Gasteiger partial charge in [-0.1, -0.05) is 65.2 Å². The number of fused-ring (bicyclic) bond motifs is 2. The number of rotatable bonds is 1. The Morgan fingerprint density at radius 2 is 1.08 bits per heavy atom. The molecule has 4 rings (SSSR count). The fraction of sp³-hybridized carbons (Fsp3) is 0.217. The SMILES string of the molecule is Cc1ccc(C2(C)c3cc(C)ccc3Oc3ccc(C)cc32)cc1. The van der Waals surface area contributed by atoms with Crippen LogP contribution in [-0.4, -0.2) is 0 Å². The molecule has 3 aromatic carbocycles. The topological polar surface area (TPSA) is 9.23 Å². The van der Waals surface area contributed by atoms with Crippen molar-refractivity contribution in [3.05, 3.63) is 94.0 Å². The summed E-state index contributed by atoms with van der Waals surface area (Å²) in [6, 6.07) is 21.8. The summed E-state index contributed by atoms with van der Waals surface area (Å²) in [6.45, 7) is 8.73. The summed E-state index contributed by atoms with van der Waals surface area (Å²) in [5, 5.41) is 0. The molecule has 0 saturated heterocycles. The Kier molecular flexibility index (Phi) is 3.28. The Morgan fingerprint density at radius 1 is 0.625 bits per heavy atom. The van der Waals surface area contributed by atoms with Gasteiger partial charge in [-0.15, -0.1) is 0 Å². The molecule has 0 aliphatic carbocycles. The van der Waals surface area contributed by atoms with Crippen molar-refractivity contribution in [2.24, 2.45) is 0 Å². The number of benzene rings is 3. The van der Waals surface area contributed by atoms with Gasteiger partial charge in [-0.2, -0.15) is 0 Å². The standard InChI is InChI=1S/C23H22O/c1-15-5-9-18(10-6-15)23(4)19-13-16(2)7-11-21(19)24-22-12-8-17(3)14-20(22)23/h5-14H,1-4H3. The molecule has 120 valence electrons. The minimum atomic E-state index is -0.214. The van der Waals surface area contributed by atoms with Crippen LogP contribution in [0.4, 0.5) is 0 Å². The van der Waals surface area contributed by atoms with Crippen molar-refractivity contribution in [3.63, 3.8) is 0 Å². The van der Waals surface area contributed by atoms with E-state index in [9.17, 15) is 0 Å². The van der Waals surface area contributed by atoms with Crippen LogP contribution in [0.5, 0.6) is 11.5 Å². The van der Waals surface area contributed by atoms with Crippen molar-refractivity contribution in [2.45, 2.75) is 33.1 Å². The Morgan fingerprint density at radius 3 is 1.58 bits per heavy atom. The fourth-order valence-electron chi connectivity index (χ4n) is 3.71. The Hall–Kier alpha value is -2.54. The number of ether oxygens (including phenoxy) is 1. The van der Waals surface area contributed by atoms with Crippen LogP contribution >= 0.6 is 0 Å². The highest BCUT2D eigenvalue weighted by molar-refractivity contribution is 5.63. The first-order valence-corrected chi connectivity index (χ1v) is 8.46. The minimum Gasteiger partial charge on any atom is -0.457 e. The second-order valence-electron chi connectivity index (χ2n) is 7.09. The van der Waals surface area contributed by atoms with Gasteiger partial charge in [-0.3, -0.25) is 0 Å². The van der Waals surface area contributed by atoms with Crippen molar-refractivity contribution >= 4 is 0 Å². The predicted octanol–water partition coefficient (Wildman–Crippen LogP) is 6.07. The number of hydrogen-bond acceptors (Lipinski definition) is 1. The molecule has 0 fully saturated rings. The summed E-state index contributed by atoms with van der Waals surface area (Å²) in [4.78, 5) is 0.